The summed E-state index contributed by atoms with van der Waals surface area (Å²) in [5, 5.41) is 0. The highest BCUT2D eigenvalue weighted by molar-refractivity contribution is 7.89. The number of benzene rings is 2. The second-order valence-corrected chi connectivity index (χ2v) is 8.95. The molecule has 1 N–H and O–H groups in total. The first-order valence-corrected chi connectivity index (χ1v) is 10.8. The summed E-state index contributed by atoms with van der Waals surface area (Å²) in [7, 11) is -3.62. The molecule has 1 fully saturated rings. The zero-order valence-electron chi connectivity index (χ0n) is 16.2. The van der Waals surface area contributed by atoms with E-state index in [9.17, 15) is 8.42 Å². The molecule has 0 saturated carbocycles. The third-order valence-electron chi connectivity index (χ3n) is 4.94. The van der Waals surface area contributed by atoms with Crippen molar-refractivity contribution < 1.29 is 13.2 Å². The highest BCUT2D eigenvalue weighted by Crippen LogP contribution is 2.22. The van der Waals surface area contributed by atoms with Gasteiger partial charge in [-0.3, -0.25) is 4.90 Å². The minimum Gasteiger partial charge on any atom is -0.379 e. The molecule has 2 aromatic carbocycles. The Kier molecular flexibility index (Phi) is 6.32. The molecule has 146 valence electrons. The van der Waals surface area contributed by atoms with E-state index in [1.807, 2.05) is 57.2 Å². The number of hydrogen-bond acceptors (Lipinski definition) is 4. The fourth-order valence-corrected chi connectivity index (χ4v) is 4.85. The fraction of sp³-hybridized carbons (Fsp3) is 0.429. The molecule has 3 rings (SSSR count). The van der Waals surface area contributed by atoms with Gasteiger partial charge >= 0.3 is 0 Å². The van der Waals surface area contributed by atoms with Gasteiger partial charge in [-0.05, 0) is 38.0 Å². The van der Waals surface area contributed by atoms with Gasteiger partial charge in [0.25, 0.3) is 0 Å². The number of rotatable bonds is 6. The minimum atomic E-state index is -3.62. The molecule has 0 unspecified atom stereocenters. The first-order valence-electron chi connectivity index (χ1n) is 9.31. The van der Waals surface area contributed by atoms with Crippen LogP contribution in [0.25, 0.3) is 0 Å². The molecule has 1 aliphatic heterocycles. The number of aryl methyl sites for hydroxylation is 3. The van der Waals surface area contributed by atoms with Crippen molar-refractivity contribution >= 4 is 10.0 Å². The molecule has 0 radical (unpaired) electrons. The van der Waals surface area contributed by atoms with Crippen molar-refractivity contribution in [2.75, 3.05) is 32.8 Å². The third kappa shape index (κ3) is 5.17. The number of morpholine rings is 1. The summed E-state index contributed by atoms with van der Waals surface area (Å²) in [5.41, 5.74) is 3.94. The van der Waals surface area contributed by atoms with Gasteiger partial charge in [0.2, 0.25) is 10.0 Å². The van der Waals surface area contributed by atoms with Gasteiger partial charge in [-0.1, -0.05) is 47.5 Å². The lowest BCUT2D eigenvalue weighted by molar-refractivity contribution is 0.0345. The van der Waals surface area contributed by atoms with Crippen LogP contribution in [0.1, 0.15) is 28.3 Å². The molecule has 2 aromatic rings. The Balaban J connectivity index is 1.88. The first kappa shape index (κ1) is 20.0. The summed E-state index contributed by atoms with van der Waals surface area (Å²) in [5.74, 6) is 0. The number of sulfonamides is 1. The number of ether oxygens (including phenoxy) is 1. The van der Waals surface area contributed by atoms with Crippen LogP contribution in [0.4, 0.5) is 0 Å². The summed E-state index contributed by atoms with van der Waals surface area (Å²) >= 11 is 0. The number of nitrogens with zero attached hydrogens (tertiary/aromatic N) is 1. The minimum absolute atomic E-state index is 0.311. The Morgan fingerprint density at radius 2 is 1.63 bits per heavy atom. The number of nitrogens with one attached hydrogen (secondary N) is 1. The van der Waals surface area contributed by atoms with E-state index in [1.165, 1.54) is 0 Å². The van der Waals surface area contributed by atoms with Crippen molar-refractivity contribution in [3.05, 3.63) is 64.7 Å². The number of hydrogen-bond donors (Lipinski definition) is 1. The van der Waals surface area contributed by atoms with Crippen LogP contribution in [0.15, 0.2) is 47.4 Å². The van der Waals surface area contributed by atoms with E-state index in [-0.39, 0.29) is 6.04 Å². The highest BCUT2D eigenvalue weighted by Gasteiger charge is 2.25. The van der Waals surface area contributed by atoms with Crippen LogP contribution >= 0.6 is 0 Å². The quantitative estimate of drug-likeness (QED) is 0.827. The fourth-order valence-electron chi connectivity index (χ4n) is 3.40. The van der Waals surface area contributed by atoms with Crippen LogP contribution in [0.5, 0.6) is 0 Å². The van der Waals surface area contributed by atoms with E-state index in [0.717, 1.165) is 35.3 Å². The Hall–Kier alpha value is -1.73. The SMILES string of the molecule is Cc1ccc([C@@H](CN2CCOCC2)NS(=O)(=O)c2ccc(C)cc2C)cc1. The van der Waals surface area contributed by atoms with Gasteiger partial charge in [0.1, 0.15) is 0 Å². The van der Waals surface area contributed by atoms with Gasteiger partial charge in [0.15, 0.2) is 0 Å². The van der Waals surface area contributed by atoms with Crippen molar-refractivity contribution in [1.29, 1.82) is 0 Å². The second kappa shape index (κ2) is 8.52. The molecular formula is C21H28N2O3S. The maximum Gasteiger partial charge on any atom is 0.241 e. The largest absolute Gasteiger partial charge is 0.379 e. The first-order chi connectivity index (χ1) is 12.8. The van der Waals surface area contributed by atoms with Crippen LogP contribution in [0.3, 0.4) is 0 Å². The smallest absolute Gasteiger partial charge is 0.241 e. The Bertz CT molecular complexity index is 873. The van der Waals surface area contributed by atoms with Crippen LogP contribution in [0, 0.1) is 20.8 Å². The second-order valence-electron chi connectivity index (χ2n) is 7.27. The maximum absolute atomic E-state index is 13.1. The highest BCUT2D eigenvalue weighted by atomic mass is 32.2. The molecule has 0 aromatic heterocycles. The Morgan fingerprint density at radius 3 is 2.26 bits per heavy atom. The molecule has 0 bridgehead atoms. The molecule has 1 heterocycles. The van der Waals surface area contributed by atoms with Gasteiger partial charge in [-0.15, -0.1) is 0 Å². The average molecular weight is 389 g/mol. The maximum atomic E-state index is 13.1. The molecule has 6 heteroatoms. The predicted octanol–water partition coefficient (Wildman–Crippen LogP) is 2.96. The molecule has 1 atom stereocenters. The molecule has 1 saturated heterocycles. The lowest BCUT2D eigenvalue weighted by atomic mass is 10.1. The summed E-state index contributed by atoms with van der Waals surface area (Å²) in [6.07, 6.45) is 0. The van der Waals surface area contributed by atoms with Crippen LogP contribution in [0.2, 0.25) is 0 Å². The molecular weight excluding hydrogens is 360 g/mol. The van der Waals surface area contributed by atoms with Gasteiger partial charge in [0.05, 0.1) is 24.2 Å². The zero-order valence-corrected chi connectivity index (χ0v) is 17.1. The summed E-state index contributed by atoms with van der Waals surface area (Å²) < 4.78 is 34.6. The molecule has 5 nitrogen and oxygen atoms in total. The van der Waals surface area contributed by atoms with E-state index in [4.69, 9.17) is 4.74 Å². The van der Waals surface area contributed by atoms with Gasteiger partial charge in [-0.25, -0.2) is 13.1 Å². The van der Waals surface area contributed by atoms with Crippen molar-refractivity contribution in [2.24, 2.45) is 0 Å². The van der Waals surface area contributed by atoms with E-state index >= 15 is 0 Å². The third-order valence-corrected chi connectivity index (χ3v) is 6.57. The van der Waals surface area contributed by atoms with Gasteiger partial charge in [-0.2, -0.15) is 0 Å². The lowest BCUT2D eigenvalue weighted by Gasteiger charge is -2.31. The average Bonchev–Trinajstić information content (AvgIpc) is 2.62. The molecule has 1 aliphatic rings. The van der Waals surface area contributed by atoms with E-state index in [0.29, 0.717) is 24.7 Å². The Labute approximate surface area is 162 Å². The lowest BCUT2D eigenvalue weighted by Crippen LogP contribution is -2.43. The monoisotopic (exact) mass is 388 g/mol. The van der Waals surface area contributed by atoms with E-state index in [2.05, 4.69) is 9.62 Å². The predicted molar refractivity (Wildman–Crippen MR) is 107 cm³/mol. The van der Waals surface area contributed by atoms with Crippen molar-refractivity contribution in [3.63, 3.8) is 0 Å². The van der Waals surface area contributed by atoms with Crippen molar-refractivity contribution in [3.8, 4) is 0 Å². The van der Waals surface area contributed by atoms with Crippen LogP contribution in [-0.2, 0) is 14.8 Å². The zero-order chi connectivity index (χ0) is 19.4. The summed E-state index contributed by atoms with van der Waals surface area (Å²) in [6, 6.07) is 13.2. The molecule has 0 amide bonds. The van der Waals surface area contributed by atoms with Gasteiger partial charge in [0, 0.05) is 19.6 Å². The Morgan fingerprint density at radius 1 is 1.00 bits per heavy atom. The molecule has 0 aliphatic carbocycles. The van der Waals surface area contributed by atoms with Crippen molar-refractivity contribution in [2.45, 2.75) is 31.7 Å². The topological polar surface area (TPSA) is 58.6 Å². The molecule has 27 heavy (non-hydrogen) atoms. The van der Waals surface area contributed by atoms with Gasteiger partial charge < -0.3 is 4.74 Å². The summed E-state index contributed by atoms with van der Waals surface area (Å²) in [6.45, 7) is 9.45. The molecule has 0 spiro atoms. The van der Waals surface area contributed by atoms with Crippen molar-refractivity contribution in [1.82, 2.24) is 9.62 Å². The van der Waals surface area contributed by atoms with Crippen LogP contribution in [-0.4, -0.2) is 46.2 Å². The van der Waals surface area contributed by atoms with Crippen LogP contribution < -0.4 is 4.72 Å². The van der Waals surface area contributed by atoms with E-state index < -0.39 is 10.0 Å². The van der Waals surface area contributed by atoms with E-state index in [1.54, 1.807) is 6.07 Å². The standard InChI is InChI=1S/C21H28N2O3S/c1-16-4-7-19(8-5-16)20(15-23-10-12-26-13-11-23)22-27(24,25)21-9-6-17(2)14-18(21)3/h4-9,14,20,22H,10-13,15H2,1-3H3/t20-/m1/s1. The normalized spacial score (nSPS) is 17.0. The summed E-state index contributed by atoms with van der Waals surface area (Å²) in [4.78, 5) is 2.59.